The number of piperidine rings is 1. The molecule has 9 heteroatoms. The quantitative estimate of drug-likeness (QED) is 0.873. The summed E-state index contributed by atoms with van der Waals surface area (Å²) < 4.78 is 42.9. The number of likely N-dealkylation sites (tertiary alicyclic amines) is 1. The van der Waals surface area contributed by atoms with Crippen molar-refractivity contribution >= 4 is 23.5 Å². The van der Waals surface area contributed by atoms with Crippen LogP contribution in [-0.2, 0) is 10.9 Å². The number of rotatable bonds is 3. The van der Waals surface area contributed by atoms with Crippen molar-refractivity contribution in [3.8, 4) is 0 Å². The molecule has 1 amide bonds. The maximum absolute atomic E-state index is 12.6. The van der Waals surface area contributed by atoms with Gasteiger partial charge in [-0.1, -0.05) is 11.6 Å². The molecule has 134 valence electrons. The lowest BCUT2D eigenvalue weighted by molar-refractivity contribution is -0.137. The van der Waals surface area contributed by atoms with Gasteiger partial charge in [-0.15, -0.1) is 0 Å². The molecule has 1 N–H and O–H groups in total. The molecule has 1 aliphatic rings. The van der Waals surface area contributed by atoms with E-state index in [1.165, 1.54) is 0 Å². The zero-order chi connectivity index (χ0) is 17.9. The van der Waals surface area contributed by atoms with Crippen molar-refractivity contribution in [2.75, 3.05) is 18.4 Å². The molecule has 2 rings (SSSR count). The minimum atomic E-state index is -4.47. The fourth-order valence-electron chi connectivity index (χ4n) is 2.38. The summed E-state index contributed by atoms with van der Waals surface area (Å²) in [5, 5.41) is 2.96. The molecule has 0 spiro atoms. The Bertz CT molecular complexity index is 588. The summed E-state index contributed by atoms with van der Waals surface area (Å²) in [5.74, 6) is 0.216. The Kier molecular flexibility index (Phi) is 5.79. The second kappa shape index (κ2) is 7.46. The molecule has 1 aliphatic heterocycles. The second-order valence-corrected chi connectivity index (χ2v) is 6.30. The predicted octanol–water partition coefficient (Wildman–Crippen LogP) is 4.18. The smallest absolute Gasteiger partial charge is 0.417 e. The van der Waals surface area contributed by atoms with Gasteiger partial charge in [0, 0.05) is 25.3 Å². The van der Waals surface area contributed by atoms with Gasteiger partial charge in [0.1, 0.15) is 5.82 Å². The molecule has 1 fully saturated rings. The average molecular weight is 366 g/mol. The number of aromatic nitrogens is 1. The lowest BCUT2D eigenvalue weighted by atomic mass is 10.1. The van der Waals surface area contributed by atoms with Crippen LogP contribution in [0.15, 0.2) is 12.3 Å². The van der Waals surface area contributed by atoms with Crippen LogP contribution in [0.25, 0.3) is 0 Å². The third-order valence-electron chi connectivity index (χ3n) is 3.60. The minimum absolute atomic E-state index is 0.0187. The number of hydrogen-bond donors (Lipinski definition) is 1. The number of nitrogens with one attached hydrogen (secondary N) is 1. The van der Waals surface area contributed by atoms with Gasteiger partial charge in [0.25, 0.3) is 0 Å². The first-order valence-electron chi connectivity index (χ1n) is 7.61. The van der Waals surface area contributed by atoms with Crippen molar-refractivity contribution in [3.05, 3.63) is 22.8 Å². The highest BCUT2D eigenvalue weighted by Crippen LogP contribution is 2.32. The Morgan fingerprint density at radius 1 is 1.42 bits per heavy atom. The summed E-state index contributed by atoms with van der Waals surface area (Å²) >= 11 is 5.88. The number of hydrogen-bond acceptors (Lipinski definition) is 4. The maximum Gasteiger partial charge on any atom is 0.417 e. The van der Waals surface area contributed by atoms with E-state index in [4.69, 9.17) is 16.3 Å². The van der Waals surface area contributed by atoms with Gasteiger partial charge in [-0.05, 0) is 32.8 Å². The number of pyridine rings is 1. The number of anilines is 1. The molecule has 5 nitrogen and oxygen atoms in total. The SMILES string of the molecule is CC(C)OC(=O)N1CCC(Nc2ncc(C(F)(F)F)cc2Cl)CC1. The first-order valence-corrected chi connectivity index (χ1v) is 7.99. The zero-order valence-electron chi connectivity index (χ0n) is 13.4. The molecule has 0 unspecified atom stereocenters. The van der Waals surface area contributed by atoms with E-state index in [1.54, 1.807) is 18.7 Å². The van der Waals surface area contributed by atoms with Gasteiger partial charge in [0.15, 0.2) is 0 Å². The van der Waals surface area contributed by atoms with E-state index in [2.05, 4.69) is 10.3 Å². The van der Waals surface area contributed by atoms with E-state index in [9.17, 15) is 18.0 Å². The van der Waals surface area contributed by atoms with Crippen LogP contribution < -0.4 is 5.32 Å². The maximum atomic E-state index is 12.6. The molecule has 0 aromatic carbocycles. The molecule has 1 aromatic heterocycles. The van der Waals surface area contributed by atoms with Gasteiger partial charge in [-0.3, -0.25) is 0 Å². The Morgan fingerprint density at radius 2 is 2.04 bits per heavy atom. The predicted molar refractivity (Wildman–Crippen MR) is 84.1 cm³/mol. The van der Waals surface area contributed by atoms with E-state index in [0.29, 0.717) is 25.9 Å². The highest BCUT2D eigenvalue weighted by atomic mass is 35.5. The third kappa shape index (κ3) is 4.90. The van der Waals surface area contributed by atoms with Crippen molar-refractivity contribution in [1.29, 1.82) is 0 Å². The monoisotopic (exact) mass is 365 g/mol. The molecule has 0 bridgehead atoms. The van der Waals surface area contributed by atoms with E-state index in [0.717, 1.165) is 12.3 Å². The van der Waals surface area contributed by atoms with Crippen molar-refractivity contribution in [2.24, 2.45) is 0 Å². The van der Waals surface area contributed by atoms with Crippen molar-refractivity contribution in [1.82, 2.24) is 9.88 Å². The van der Waals surface area contributed by atoms with Crippen molar-refractivity contribution in [2.45, 2.75) is 45.0 Å². The Morgan fingerprint density at radius 3 is 2.54 bits per heavy atom. The van der Waals surface area contributed by atoms with E-state index >= 15 is 0 Å². The number of amides is 1. The number of alkyl halides is 3. The van der Waals surface area contributed by atoms with Gasteiger partial charge in [-0.2, -0.15) is 13.2 Å². The van der Waals surface area contributed by atoms with Crippen LogP contribution in [0.3, 0.4) is 0 Å². The topological polar surface area (TPSA) is 54.5 Å². The van der Waals surface area contributed by atoms with Crippen LogP contribution in [0.5, 0.6) is 0 Å². The van der Waals surface area contributed by atoms with Crippen LogP contribution in [0.4, 0.5) is 23.8 Å². The first-order chi connectivity index (χ1) is 11.2. The molecular weight excluding hydrogens is 347 g/mol. The highest BCUT2D eigenvalue weighted by molar-refractivity contribution is 6.33. The van der Waals surface area contributed by atoms with E-state index < -0.39 is 11.7 Å². The Hall–Kier alpha value is -1.70. The summed E-state index contributed by atoms with van der Waals surface area (Å²) in [5.41, 5.74) is -0.885. The lowest BCUT2D eigenvalue weighted by Gasteiger charge is -2.32. The van der Waals surface area contributed by atoms with Crippen molar-refractivity contribution in [3.63, 3.8) is 0 Å². The zero-order valence-corrected chi connectivity index (χ0v) is 14.1. The molecule has 1 saturated heterocycles. The van der Waals surface area contributed by atoms with Crippen LogP contribution in [-0.4, -0.2) is 41.2 Å². The minimum Gasteiger partial charge on any atom is -0.447 e. The van der Waals surface area contributed by atoms with Gasteiger partial charge < -0.3 is 15.0 Å². The summed E-state index contributed by atoms with van der Waals surface area (Å²) in [4.78, 5) is 17.2. The average Bonchev–Trinajstić information content (AvgIpc) is 2.48. The molecule has 2 heterocycles. The molecule has 0 radical (unpaired) electrons. The van der Waals surface area contributed by atoms with Crippen molar-refractivity contribution < 1.29 is 22.7 Å². The largest absolute Gasteiger partial charge is 0.447 e. The standard InChI is InChI=1S/C15H19ClF3N3O2/c1-9(2)24-14(23)22-5-3-11(4-6-22)21-13-12(16)7-10(8-20-13)15(17,18)19/h7-9,11H,3-6H2,1-2H3,(H,20,21). The van der Waals surface area contributed by atoms with Gasteiger partial charge >= 0.3 is 12.3 Å². The second-order valence-electron chi connectivity index (χ2n) is 5.89. The summed E-state index contributed by atoms with van der Waals surface area (Å²) in [7, 11) is 0. The van der Waals surface area contributed by atoms with Crippen LogP contribution in [0.1, 0.15) is 32.3 Å². The summed E-state index contributed by atoms with van der Waals surface area (Å²) in [6.07, 6.45) is -2.99. The molecule has 0 atom stereocenters. The van der Waals surface area contributed by atoms with Gasteiger partial charge in [-0.25, -0.2) is 9.78 Å². The summed E-state index contributed by atoms with van der Waals surface area (Å²) in [6, 6.07) is 0.835. The van der Waals surface area contributed by atoms with Crippen LogP contribution in [0, 0.1) is 0 Å². The highest BCUT2D eigenvalue weighted by Gasteiger charge is 2.32. The number of ether oxygens (including phenoxy) is 1. The number of halogens is 4. The number of carbonyl (C=O) groups excluding carboxylic acids is 1. The number of nitrogens with zero attached hydrogens (tertiary/aromatic N) is 2. The normalized spacial score (nSPS) is 16.4. The Balaban J connectivity index is 1.91. The number of carbonyl (C=O) groups is 1. The molecule has 0 aliphatic carbocycles. The molecule has 0 saturated carbocycles. The molecular formula is C15H19ClF3N3O2. The van der Waals surface area contributed by atoms with E-state index in [1.807, 2.05) is 0 Å². The molecule has 24 heavy (non-hydrogen) atoms. The van der Waals surface area contributed by atoms with Gasteiger partial charge in [0.2, 0.25) is 0 Å². The fourth-order valence-corrected chi connectivity index (χ4v) is 2.60. The Labute approximate surface area is 143 Å². The first kappa shape index (κ1) is 18.6. The van der Waals surface area contributed by atoms with Crippen LogP contribution in [0.2, 0.25) is 5.02 Å². The van der Waals surface area contributed by atoms with Gasteiger partial charge in [0.05, 0.1) is 16.7 Å². The lowest BCUT2D eigenvalue weighted by Crippen LogP contribution is -2.43. The molecule has 1 aromatic rings. The fraction of sp³-hybridized carbons (Fsp3) is 0.600. The third-order valence-corrected chi connectivity index (χ3v) is 3.89. The van der Waals surface area contributed by atoms with E-state index in [-0.39, 0.29) is 29.1 Å². The van der Waals surface area contributed by atoms with Crippen LogP contribution >= 0.6 is 11.6 Å². The summed E-state index contributed by atoms with van der Waals surface area (Å²) in [6.45, 7) is 4.57.